The fourth-order valence-corrected chi connectivity index (χ4v) is 6.59. The van der Waals surface area contributed by atoms with Crippen LogP contribution in [0.3, 0.4) is 0 Å². The molecule has 0 aromatic carbocycles. The summed E-state index contributed by atoms with van der Waals surface area (Å²) in [5.74, 6) is -1.59. The molecule has 6 aromatic rings. The minimum absolute atomic E-state index is 0. The SMILES string of the molecule is C.CN(CCCNC(=O)Cn1cnc2c1c(=O)n(C)c(=O)n2C)C(=O)OC(C)(C)C.CNCCCNC(=O)Cn1cnc2c1c(=O)n(C)c(=O)n2C.Cl.Cn1c(=O)c2c(ncn2CC(=O)O)n(C)c1=O.O=CO.[2H]CF. The summed E-state index contributed by atoms with van der Waals surface area (Å²) < 4.78 is 31.5. The summed E-state index contributed by atoms with van der Waals surface area (Å²) in [5.41, 5.74) is -2.28. The van der Waals surface area contributed by atoms with Crippen molar-refractivity contribution in [1.82, 2.24) is 76.9 Å². The number of ether oxygens (including phenoxy) is 1. The molecule has 6 aromatic heterocycles. The third-order valence-electron chi connectivity index (χ3n) is 10.2. The van der Waals surface area contributed by atoms with E-state index in [9.17, 15) is 52.3 Å². The van der Waals surface area contributed by atoms with Gasteiger partial charge in [0.15, 0.2) is 33.5 Å². The number of hydrogen-bond donors (Lipinski definition) is 5. The molecule has 0 aliphatic carbocycles. The van der Waals surface area contributed by atoms with Gasteiger partial charge >= 0.3 is 29.1 Å². The van der Waals surface area contributed by atoms with Crippen molar-refractivity contribution in [1.29, 1.82) is 0 Å². The van der Waals surface area contributed by atoms with E-state index in [-0.39, 0.29) is 91.2 Å². The lowest BCUT2D eigenvalue weighted by molar-refractivity contribution is -0.137. The first-order valence-corrected chi connectivity index (χ1v) is 21.7. The van der Waals surface area contributed by atoms with Crippen molar-refractivity contribution in [2.75, 3.05) is 47.4 Å². The van der Waals surface area contributed by atoms with Crippen LogP contribution < -0.4 is 49.7 Å². The predicted molar refractivity (Wildman–Crippen MR) is 276 cm³/mol. The topological polar surface area (TPSA) is 360 Å². The summed E-state index contributed by atoms with van der Waals surface area (Å²) in [5, 5.41) is 24.1. The second-order valence-electron chi connectivity index (χ2n) is 16.7. The standard InChI is InChI=1S/C18H28N6O5.C13H20N6O3.C9H10N4O4.CH3F.CH2O2.CH4.ClH/c1-18(2,3)29-17(28)21(4)9-7-8-19-12(25)10-24-11-20-14-13(24)15(26)23(6)16(27)22(14)5;1-14-5-4-6-15-9(20)7-19-8-16-11-10(19)12(21)18(3)13(22)17(11)2;1-11-7-6(8(16)12(2)9(11)17)13(4-10-7)3-5(14)15;1-2;2-1-3;;/h11H,7-10H2,1-6H3,(H,19,25);8,14H,4-7H2,1-3H3,(H,15,20);4H,3H2,1-2H3,(H,14,15);1H3;1H,(H,2,3);1H4;1H/i;;;1D;;;. The van der Waals surface area contributed by atoms with Crippen LogP contribution in [0, 0.1) is 0 Å². The monoisotopic (exact) mass is 1090 g/mol. The van der Waals surface area contributed by atoms with Gasteiger partial charge in [0.05, 0.1) is 27.5 Å². The molecule has 0 unspecified atom stereocenters. The van der Waals surface area contributed by atoms with Crippen LogP contribution in [0.25, 0.3) is 33.5 Å². The number of aromatic nitrogens is 12. The van der Waals surface area contributed by atoms with Gasteiger partial charge < -0.3 is 49.5 Å². The zero-order valence-electron chi connectivity index (χ0n) is 43.8. The van der Waals surface area contributed by atoms with E-state index in [0.717, 1.165) is 26.7 Å². The summed E-state index contributed by atoms with van der Waals surface area (Å²) in [7, 11) is 11.1. The van der Waals surface area contributed by atoms with Gasteiger partial charge in [-0.1, -0.05) is 7.43 Å². The van der Waals surface area contributed by atoms with E-state index in [1.807, 2.05) is 7.05 Å². The van der Waals surface area contributed by atoms with Crippen LogP contribution in [0.15, 0.2) is 47.7 Å². The van der Waals surface area contributed by atoms with E-state index in [1.165, 1.54) is 86.5 Å². The molecule has 418 valence electrons. The van der Waals surface area contributed by atoms with Crippen molar-refractivity contribution in [2.24, 2.45) is 42.3 Å². The van der Waals surface area contributed by atoms with Crippen molar-refractivity contribution in [2.45, 2.75) is 66.3 Å². The average molecular weight is 1090 g/mol. The molecule has 6 rings (SSSR count). The Morgan fingerprint density at radius 2 is 1.00 bits per heavy atom. The summed E-state index contributed by atoms with van der Waals surface area (Å²) in [6.07, 6.45) is 4.95. The highest BCUT2D eigenvalue weighted by molar-refractivity contribution is 5.85. The molecule has 0 saturated heterocycles. The zero-order valence-corrected chi connectivity index (χ0v) is 43.6. The smallest absolute Gasteiger partial charge is 0.410 e. The maximum atomic E-state index is 12.4. The summed E-state index contributed by atoms with van der Waals surface area (Å²) >= 11 is 0. The second-order valence-corrected chi connectivity index (χ2v) is 16.7. The van der Waals surface area contributed by atoms with E-state index in [4.69, 9.17) is 21.1 Å². The molecule has 0 radical (unpaired) electrons. The maximum absolute atomic E-state index is 12.4. The highest BCUT2D eigenvalue weighted by Crippen LogP contribution is 2.10. The Kier molecular flexibility index (Phi) is 26.0. The Balaban J connectivity index is 0.00000107. The minimum atomic E-state index is -1.08. The molecule has 32 heteroatoms. The van der Waals surface area contributed by atoms with E-state index < -0.39 is 58.6 Å². The van der Waals surface area contributed by atoms with Gasteiger partial charge in [0.2, 0.25) is 11.8 Å². The number of rotatable bonds is 14. The Morgan fingerprint density at radius 3 is 1.31 bits per heavy atom. The quantitative estimate of drug-likeness (QED) is 0.0572. The van der Waals surface area contributed by atoms with E-state index in [0.29, 0.717) is 26.1 Å². The number of nitrogens with zero attached hydrogens (tertiary/aromatic N) is 13. The van der Waals surface area contributed by atoms with Crippen LogP contribution in [0.4, 0.5) is 9.18 Å². The molecule has 0 aliphatic heterocycles. The van der Waals surface area contributed by atoms with Gasteiger partial charge in [-0.3, -0.25) is 65.4 Å². The van der Waals surface area contributed by atoms with E-state index >= 15 is 0 Å². The number of fused-ring (bicyclic) bond motifs is 3. The van der Waals surface area contributed by atoms with Gasteiger partial charge in [-0.25, -0.2) is 34.1 Å². The molecule has 6 heterocycles. The van der Waals surface area contributed by atoms with Gasteiger partial charge in [0.1, 0.15) is 25.2 Å². The number of carboxylic acid groups (broad SMARTS) is 2. The van der Waals surface area contributed by atoms with Crippen molar-refractivity contribution in [3.8, 4) is 0 Å². The Morgan fingerprint density at radius 1 is 0.680 bits per heavy atom. The normalized spacial score (nSPS) is 10.6. The molecule has 3 amide bonds. The van der Waals surface area contributed by atoms with Crippen molar-refractivity contribution >= 4 is 76.2 Å². The van der Waals surface area contributed by atoms with Crippen LogP contribution in [-0.4, -0.2) is 155 Å². The molecule has 5 N–H and O–H groups in total. The first kappa shape index (κ1) is 64.8. The molecule has 0 fully saturated rings. The highest BCUT2D eigenvalue weighted by atomic mass is 35.5. The van der Waals surface area contributed by atoms with Crippen LogP contribution in [-0.2, 0) is 85.8 Å². The van der Waals surface area contributed by atoms with Crippen molar-refractivity contribution in [3.63, 3.8) is 0 Å². The Bertz CT molecular complexity index is 3320. The highest BCUT2D eigenvalue weighted by Gasteiger charge is 2.21. The van der Waals surface area contributed by atoms with Gasteiger partial charge in [0.25, 0.3) is 23.2 Å². The second kappa shape index (κ2) is 30.1. The van der Waals surface area contributed by atoms with Gasteiger partial charge in [-0.15, -0.1) is 12.4 Å². The number of imidazole rings is 3. The number of carbonyl (C=O) groups excluding carboxylic acids is 3. The number of carbonyl (C=O) groups is 5. The third kappa shape index (κ3) is 17.2. The minimum Gasteiger partial charge on any atom is -0.483 e. The lowest BCUT2D eigenvalue weighted by atomic mass is 10.2. The average Bonchev–Trinajstić information content (AvgIpc) is 4.08. The molecule has 75 heavy (non-hydrogen) atoms. The molecule has 0 saturated carbocycles. The number of alkyl halides is 1. The van der Waals surface area contributed by atoms with Crippen LogP contribution in [0.5, 0.6) is 0 Å². The lowest BCUT2D eigenvalue weighted by Crippen LogP contribution is -2.38. The molecule has 0 bridgehead atoms. The lowest BCUT2D eigenvalue weighted by Gasteiger charge is -2.24. The fourth-order valence-electron chi connectivity index (χ4n) is 6.59. The number of carboxylic acids is 1. The number of hydrogen-bond acceptors (Lipinski definition) is 16. The molecular weight excluding hydrogens is 1020 g/mol. The summed E-state index contributed by atoms with van der Waals surface area (Å²) in [6.45, 7) is 6.80. The first-order chi connectivity index (χ1) is 34.6. The predicted octanol–water partition coefficient (Wildman–Crippen LogP) is -2.17. The number of halogens is 2. The molecule has 0 atom stereocenters. The van der Waals surface area contributed by atoms with Gasteiger partial charge in [-0.2, -0.15) is 0 Å². The van der Waals surface area contributed by atoms with Crippen LogP contribution in [0.1, 0.15) is 42.4 Å². The van der Waals surface area contributed by atoms with Gasteiger partial charge in [-0.05, 0) is 47.2 Å². The van der Waals surface area contributed by atoms with E-state index in [1.54, 1.807) is 34.9 Å². The maximum Gasteiger partial charge on any atom is 0.410 e. The number of nitrogens with one attached hydrogen (secondary N) is 3. The molecular formula is C43H68ClFN16O14. The molecule has 0 spiro atoms. The van der Waals surface area contributed by atoms with Crippen LogP contribution in [0.2, 0.25) is 0 Å². The summed E-state index contributed by atoms with van der Waals surface area (Å²) in [4.78, 5) is 140. The van der Waals surface area contributed by atoms with Crippen LogP contribution >= 0.6 is 12.4 Å². The van der Waals surface area contributed by atoms with E-state index in [2.05, 4.69) is 30.9 Å². The largest absolute Gasteiger partial charge is 0.483 e. The Hall–Kier alpha value is -8.22. The number of aliphatic carboxylic acids is 1. The zero-order chi connectivity index (χ0) is 56.4. The number of amides is 3. The fraction of sp³-hybridized carbons (Fsp3) is 0.535. The van der Waals surface area contributed by atoms with Crippen molar-refractivity contribution in [3.05, 3.63) is 81.5 Å². The number of aryl methyl sites for hydroxylation is 3. The first-order valence-electron chi connectivity index (χ1n) is 22.5. The molecule has 30 nitrogen and oxygen atoms in total. The summed E-state index contributed by atoms with van der Waals surface area (Å²) in [6, 6.07) is 0. The third-order valence-corrected chi connectivity index (χ3v) is 10.2. The van der Waals surface area contributed by atoms with Gasteiger partial charge in [0, 0.05) is 69.0 Å². The molecule has 0 aliphatic rings. The van der Waals surface area contributed by atoms with Crippen molar-refractivity contribution < 1.29 is 44.7 Å². The Labute approximate surface area is 434 Å².